The second-order valence-electron chi connectivity index (χ2n) is 7.48. The molecule has 1 aliphatic heterocycles. The number of sulfonamides is 1. The normalized spacial score (nSPS) is 28.3. The number of hydrogen-bond acceptors (Lipinski definition) is 3. The van der Waals surface area contributed by atoms with E-state index in [1.807, 2.05) is 4.90 Å². The van der Waals surface area contributed by atoms with E-state index in [1.54, 1.807) is 0 Å². The molecule has 0 radical (unpaired) electrons. The molecule has 0 spiro atoms. The number of amides is 1. The van der Waals surface area contributed by atoms with Gasteiger partial charge in [-0.2, -0.15) is 0 Å². The van der Waals surface area contributed by atoms with Crippen LogP contribution in [0.4, 0.5) is 0 Å². The van der Waals surface area contributed by atoms with E-state index >= 15 is 0 Å². The largest absolute Gasteiger partial charge is 0.338 e. The smallest absolute Gasteiger partial charge is 0.225 e. The Balaban J connectivity index is 1.64. The quantitative estimate of drug-likeness (QED) is 0.772. The fourth-order valence-electron chi connectivity index (χ4n) is 4.21. The van der Waals surface area contributed by atoms with E-state index in [1.165, 1.54) is 0 Å². The molecule has 6 heteroatoms. The molecule has 1 N–H and O–H groups in total. The van der Waals surface area contributed by atoms with Gasteiger partial charge in [-0.05, 0) is 50.9 Å². The topological polar surface area (TPSA) is 66.5 Å². The van der Waals surface area contributed by atoms with Gasteiger partial charge in [-0.3, -0.25) is 4.79 Å². The molecule has 2 unspecified atom stereocenters. The lowest BCUT2D eigenvalue weighted by molar-refractivity contribution is -0.141. The molecule has 1 saturated heterocycles. The molecular formula is C17H30N2O3S. The van der Waals surface area contributed by atoms with Crippen molar-refractivity contribution in [3.05, 3.63) is 0 Å². The summed E-state index contributed by atoms with van der Waals surface area (Å²) in [6, 6.07) is 0.0630. The van der Waals surface area contributed by atoms with Crippen molar-refractivity contribution in [2.75, 3.05) is 13.1 Å². The van der Waals surface area contributed by atoms with Gasteiger partial charge in [-0.1, -0.05) is 19.8 Å². The molecule has 0 aromatic heterocycles. The van der Waals surface area contributed by atoms with Crippen molar-refractivity contribution in [2.24, 2.45) is 11.8 Å². The van der Waals surface area contributed by atoms with Crippen LogP contribution >= 0.6 is 0 Å². The van der Waals surface area contributed by atoms with Gasteiger partial charge in [-0.15, -0.1) is 0 Å². The summed E-state index contributed by atoms with van der Waals surface area (Å²) in [5.41, 5.74) is 0. The van der Waals surface area contributed by atoms with Crippen LogP contribution in [0, 0.1) is 11.8 Å². The minimum Gasteiger partial charge on any atom is -0.338 e. The lowest BCUT2D eigenvalue weighted by Gasteiger charge is -2.38. The van der Waals surface area contributed by atoms with Crippen molar-refractivity contribution in [1.29, 1.82) is 0 Å². The lowest BCUT2D eigenvalue weighted by Crippen LogP contribution is -2.53. The number of carbonyl (C=O) groups is 1. The summed E-state index contributed by atoms with van der Waals surface area (Å²) >= 11 is 0. The maximum atomic E-state index is 12.7. The van der Waals surface area contributed by atoms with Crippen LogP contribution < -0.4 is 4.72 Å². The number of nitrogens with one attached hydrogen (secondary N) is 1. The minimum absolute atomic E-state index is 0.0630. The van der Waals surface area contributed by atoms with Crippen molar-refractivity contribution in [3.8, 4) is 0 Å². The van der Waals surface area contributed by atoms with E-state index in [2.05, 4.69) is 11.6 Å². The van der Waals surface area contributed by atoms with Gasteiger partial charge >= 0.3 is 0 Å². The molecule has 2 aliphatic carbocycles. The third-order valence-electron chi connectivity index (χ3n) is 5.88. The maximum absolute atomic E-state index is 12.7. The Kier molecular flexibility index (Phi) is 5.31. The Labute approximate surface area is 140 Å². The minimum atomic E-state index is -3.22. The lowest BCUT2D eigenvalue weighted by atomic mass is 9.92. The molecule has 5 nitrogen and oxygen atoms in total. The van der Waals surface area contributed by atoms with Gasteiger partial charge in [0.05, 0.1) is 5.25 Å². The van der Waals surface area contributed by atoms with Crippen LogP contribution in [-0.4, -0.2) is 43.6 Å². The van der Waals surface area contributed by atoms with Crippen LogP contribution in [0.1, 0.15) is 64.7 Å². The average Bonchev–Trinajstić information content (AvgIpc) is 3.20. The molecule has 3 aliphatic rings. The first kappa shape index (κ1) is 17.2. The molecule has 0 bridgehead atoms. The third kappa shape index (κ3) is 3.90. The van der Waals surface area contributed by atoms with Gasteiger partial charge in [0.2, 0.25) is 15.9 Å². The summed E-state index contributed by atoms with van der Waals surface area (Å²) in [5.74, 6) is 0.869. The summed E-state index contributed by atoms with van der Waals surface area (Å²) < 4.78 is 27.8. The molecular weight excluding hydrogens is 312 g/mol. The van der Waals surface area contributed by atoms with Crippen LogP contribution in [0.5, 0.6) is 0 Å². The van der Waals surface area contributed by atoms with E-state index < -0.39 is 10.0 Å². The second kappa shape index (κ2) is 7.09. The number of piperidine rings is 1. The Morgan fingerprint density at radius 2 is 1.83 bits per heavy atom. The Morgan fingerprint density at radius 1 is 1.13 bits per heavy atom. The highest BCUT2D eigenvalue weighted by Gasteiger charge is 2.41. The summed E-state index contributed by atoms with van der Waals surface area (Å²) in [7, 11) is -3.22. The molecule has 2 atom stereocenters. The SMILES string of the molecule is CCC1CCCN(C(CNS(=O)(=O)C2CCCC2)C2CC2)C1=O. The molecule has 1 heterocycles. The van der Waals surface area contributed by atoms with Crippen LogP contribution in [0.3, 0.4) is 0 Å². The second-order valence-corrected chi connectivity index (χ2v) is 9.53. The predicted octanol–water partition coefficient (Wildman–Crippen LogP) is 2.28. The van der Waals surface area contributed by atoms with E-state index in [-0.39, 0.29) is 23.1 Å². The zero-order chi connectivity index (χ0) is 16.4. The predicted molar refractivity (Wildman–Crippen MR) is 90.4 cm³/mol. The van der Waals surface area contributed by atoms with Gasteiger partial charge in [-0.25, -0.2) is 13.1 Å². The van der Waals surface area contributed by atoms with Crippen LogP contribution in [-0.2, 0) is 14.8 Å². The zero-order valence-corrected chi connectivity index (χ0v) is 15.0. The zero-order valence-electron chi connectivity index (χ0n) is 14.2. The summed E-state index contributed by atoms with van der Waals surface area (Å²) in [6.07, 6.45) is 8.75. The molecule has 3 fully saturated rings. The first-order chi connectivity index (χ1) is 11.0. The van der Waals surface area contributed by atoms with E-state index in [9.17, 15) is 13.2 Å². The molecule has 0 aromatic carbocycles. The number of rotatable bonds is 7. The van der Waals surface area contributed by atoms with Gasteiger partial charge in [0.15, 0.2) is 0 Å². The first-order valence-electron chi connectivity index (χ1n) is 9.32. The molecule has 132 valence electrons. The van der Waals surface area contributed by atoms with Gasteiger partial charge in [0, 0.05) is 25.0 Å². The van der Waals surface area contributed by atoms with E-state index in [0.29, 0.717) is 12.5 Å². The van der Waals surface area contributed by atoms with Crippen molar-refractivity contribution in [3.63, 3.8) is 0 Å². The van der Waals surface area contributed by atoms with Gasteiger partial charge < -0.3 is 4.90 Å². The highest BCUT2D eigenvalue weighted by molar-refractivity contribution is 7.90. The standard InChI is InChI=1S/C17H30N2O3S/c1-2-13-6-5-11-19(17(13)20)16(14-9-10-14)12-18-23(21,22)15-7-3-4-8-15/h13-16,18H,2-12H2,1H3. The number of nitrogens with zero attached hydrogens (tertiary/aromatic N) is 1. The monoisotopic (exact) mass is 342 g/mol. The van der Waals surface area contributed by atoms with E-state index in [4.69, 9.17) is 0 Å². The number of likely N-dealkylation sites (tertiary alicyclic amines) is 1. The van der Waals surface area contributed by atoms with Crippen molar-refractivity contribution in [1.82, 2.24) is 9.62 Å². The number of hydrogen-bond donors (Lipinski definition) is 1. The average molecular weight is 343 g/mol. The Hall–Kier alpha value is -0.620. The Morgan fingerprint density at radius 3 is 2.43 bits per heavy atom. The molecule has 1 amide bonds. The Bertz CT molecular complexity index is 524. The van der Waals surface area contributed by atoms with E-state index in [0.717, 1.165) is 64.3 Å². The summed E-state index contributed by atoms with van der Waals surface area (Å²) in [4.78, 5) is 14.7. The molecule has 3 rings (SSSR count). The number of carbonyl (C=O) groups excluding carboxylic acids is 1. The summed E-state index contributed by atoms with van der Waals surface area (Å²) in [6.45, 7) is 3.27. The first-order valence-corrected chi connectivity index (χ1v) is 10.9. The highest BCUT2D eigenvalue weighted by atomic mass is 32.2. The van der Waals surface area contributed by atoms with Crippen molar-refractivity contribution in [2.45, 2.75) is 76.0 Å². The van der Waals surface area contributed by atoms with Crippen LogP contribution in [0.2, 0.25) is 0 Å². The molecule has 0 aromatic rings. The maximum Gasteiger partial charge on any atom is 0.225 e. The highest BCUT2D eigenvalue weighted by Crippen LogP contribution is 2.37. The molecule has 23 heavy (non-hydrogen) atoms. The van der Waals surface area contributed by atoms with Crippen LogP contribution in [0.15, 0.2) is 0 Å². The third-order valence-corrected chi connectivity index (χ3v) is 7.80. The van der Waals surface area contributed by atoms with Crippen LogP contribution in [0.25, 0.3) is 0 Å². The molecule has 2 saturated carbocycles. The van der Waals surface area contributed by atoms with Crippen molar-refractivity contribution < 1.29 is 13.2 Å². The van der Waals surface area contributed by atoms with Crippen molar-refractivity contribution >= 4 is 15.9 Å². The van der Waals surface area contributed by atoms with Gasteiger partial charge in [0.25, 0.3) is 0 Å². The van der Waals surface area contributed by atoms with Gasteiger partial charge in [0.1, 0.15) is 0 Å². The summed E-state index contributed by atoms with van der Waals surface area (Å²) in [5, 5.41) is -0.220. The fourth-order valence-corrected chi connectivity index (χ4v) is 5.81. The fraction of sp³-hybridized carbons (Fsp3) is 0.941.